The van der Waals surface area contributed by atoms with Crippen LogP contribution >= 0.6 is 0 Å². The molecule has 160 valence electrons. The summed E-state index contributed by atoms with van der Waals surface area (Å²) in [6.45, 7) is 6.97. The number of amides is 1. The fourth-order valence-corrected chi connectivity index (χ4v) is 4.28. The molecular formula is C23H30FN4O2+. The molecule has 4 rings (SSSR count). The van der Waals surface area contributed by atoms with Crippen molar-refractivity contribution in [2.75, 3.05) is 75.8 Å². The number of hydrogen-bond acceptors (Lipinski definition) is 4. The monoisotopic (exact) mass is 413 g/mol. The number of methoxy groups -OCH3 is 1. The minimum absolute atomic E-state index is 0.198. The number of carbonyl (C=O) groups is 1. The molecule has 30 heavy (non-hydrogen) atoms. The first-order chi connectivity index (χ1) is 14.6. The topological polar surface area (TPSA) is 40.5 Å². The van der Waals surface area contributed by atoms with Gasteiger partial charge in [-0.25, -0.2) is 4.39 Å². The van der Waals surface area contributed by atoms with Crippen molar-refractivity contribution in [3.05, 3.63) is 54.3 Å². The first-order valence-electron chi connectivity index (χ1n) is 10.6. The van der Waals surface area contributed by atoms with Crippen molar-refractivity contribution in [2.24, 2.45) is 0 Å². The average Bonchev–Trinajstić information content (AvgIpc) is 2.80. The second-order valence-corrected chi connectivity index (χ2v) is 7.93. The van der Waals surface area contributed by atoms with Gasteiger partial charge in [-0.15, -0.1) is 0 Å². The highest BCUT2D eigenvalue weighted by atomic mass is 19.1. The summed E-state index contributed by atoms with van der Waals surface area (Å²) in [4.78, 5) is 20.4. The Bertz CT molecular complexity index is 845. The number of anilines is 2. The van der Waals surface area contributed by atoms with Crippen LogP contribution < -0.4 is 19.4 Å². The Balaban J connectivity index is 1.23. The van der Waals surface area contributed by atoms with Gasteiger partial charge in [0.25, 0.3) is 5.91 Å². The van der Waals surface area contributed by atoms with Gasteiger partial charge in [-0.2, -0.15) is 0 Å². The van der Waals surface area contributed by atoms with E-state index < -0.39 is 0 Å². The number of carbonyl (C=O) groups excluding carboxylic acids is 1. The van der Waals surface area contributed by atoms with E-state index in [1.165, 1.54) is 16.7 Å². The number of para-hydroxylation sites is 1. The first-order valence-corrected chi connectivity index (χ1v) is 10.6. The van der Waals surface area contributed by atoms with Gasteiger partial charge in [0.1, 0.15) is 11.6 Å². The maximum Gasteiger partial charge on any atom is 0.277 e. The van der Waals surface area contributed by atoms with Crippen LogP contribution in [0.5, 0.6) is 5.75 Å². The number of halogens is 1. The zero-order valence-electron chi connectivity index (χ0n) is 17.5. The van der Waals surface area contributed by atoms with E-state index in [1.54, 1.807) is 19.2 Å². The van der Waals surface area contributed by atoms with E-state index in [9.17, 15) is 9.18 Å². The molecule has 2 aromatic rings. The molecule has 2 aromatic carbocycles. The Morgan fingerprint density at radius 2 is 1.60 bits per heavy atom. The number of rotatable bonds is 5. The Kier molecular flexibility index (Phi) is 6.38. The molecule has 7 heteroatoms. The maximum atomic E-state index is 14.0. The van der Waals surface area contributed by atoms with Gasteiger partial charge in [-0.1, -0.05) is 12.1 Å². The summed E-state index contributed by atoms with van der Waals surface area (Å²) in [6.07, 6.45) is 0. The van der Waals surface area contributed by atoms with Crippen molar-refractivity contribution >= 4 is 17.3 Å². The van der Waals surface area contributed by atoms with Crippen molar-refractivity contribution < 1.29 is 18.8 Å². The fourth-order valence-electron chi connectivity index (χ4n) is 4.28. The van der Waals surface area contributed by atoms with Crippen molar-refractivity contribution in [1.29, 1.82) is 0 Å². The zero-order valence-corrected chi connectivity index (χ0v) is 17.5. The molecule has 0 radical (unpaired) electrons. The molecule has 0 aliphatic carbocycles. The molecule has 0 unspecified atom stereocenters. The molecule has 2 fully saturated rings. The highest BCUT2D eigenvalue weighted by Crippen LogP contribution is 2.20. The van der Waals surface area contributed by atoms with E-state index in [-0.39, 0.29) is 11.7 Å². The number of hydrogen-bond donors (Lipinski definition) is 1. The van der Waals surface area contributed by atoms with Crippen LogP contribution in [-0.2, 0) is 4.79 Å². The lowest BCUT2D eigenvalue weighted by Gasteiger charge is -2.38. The van der Waals surface area contributed by atoms with Gasteiger partial charge in [0.2, 0.25) is 0 Å². The van der Waals surface area contributed by atoms with Crippen LogP contribution in [0.25, 0.3) is 0 Å². The number of piperazine rings is 2. The number of ether oxygens (including phenoxy) is 1. The average molecular weight is 414 g/mol. The van der Waals surface area contributed by atoms with Gasteiger partial charge in [0, 0.05) is 31.9 Å². The summed E-state index contributed by atoms with van der Waals surface area (Å²) in [5, 5.41) is 0. The summed E-state index contributed by atoms with van der Waals surface area (Å²) in [6, 6.07) is 15.0. The highest BCUT2D eigenvalue weighted by molar-refractivity contribution is 5.77. The van der Waals surface area contributed by atoms with Gasteiger partial charge in [0.05, 0.1) is 39.0 Å². The van der Waals surface area contributed by atoms with Crippen molar-refractivity contribution in [3.63, 3.8) is 0 Å². The van der Waals surface area contributed by atoms with Crippen molar-refractivity contribution in [2.45, 2.75) is 0 Å². The van der Waals surface area contributed by atoms with Crippen LogP contribution in [0.15, 0.2) is 48.5 Å². The molecule has 1 amide bonds. The third-order valence-electron chi connectivity index (χ3n) is 6.13. The summed E-state index contributed by atoms with van der Waals surface area (Å²) in [5.74, 6) is 0.872. The SMILES string of the molecule is COc1ccc(N2CC[NH+](CC(=O)N3CCN(c4ccccc4F)CC3)CC2)cc1. The van der Waals surface area contributed by atoms with Crippen LogP contribution in [0, 0.1) is 5.82 Å². The number of quaternary nitrogens is 1. The smallest absolute Gasteiger partial charge is 0.277 e. The Morgan fingerprint density at radius 1 is 0.933 bits per heavy atom. The second kappa shape index (κ2) is 9.34. The lowest BCUT2D eigenvalue weighted by atomic mass is 10.2. The van der Waals surface area contributed by atoms with Gasteiger partial charge in [-0.3, -0.25) is 4.79 Å². The lowest BCUT2D eigenvalue weighted by molar-refractivity contribution is -0.892. The molecule has 2 heterocycles. The normalized spacial score (nSPS) is 17.9. The van der Waals surface area contributed by atoms with E-state index in [1.807, 2.05) is 28.0 Å². The summed E-state index contributed by atoms with van der Waals surface area (Å²) >= 11 is 0. The molecule has 6 nitrogen and oxygen atoms in total. The Hall–Kier alpha value is -2.80. The van der Waals surface area contributed by atoms with Crippen LogP contribution in [0.2, 0.25) is 0 Å². The molecule has 2 aliphatic heterocycles. The van der Waals surface area contributed by atoms with Crippen LogP contribution in [-0.4, -0.2) is 76.8 Å². The molecule has 0 atom stereocenters. The van der Waals surface area contributed by atoms with Crippen LogP contribution in [0.3, 0.4) is 0 Å². The minimum Gasteiger partial charge on any atom is -0.497 e. The van der Waals surface area contributed by atoms with Gasteiger partial charge in [0.15, 0.2) is 6.54 Å². The van der Waals surface area contributed by atoms with Gasteiger partial charge in [-0.05, 0) is 36.4 Å². The molecule has 1 N–H and O–H groups in total. The number of nitrogens with one attached hydrogen (secondary N) is 1. The summed E-state index contributed by atoms with van der Waals surface area (Å²) in [5.41, 5.74) is 1.83. The van der Waals surface area contributed by atoms with Gasteiger partial charge < -0.3 is 24.3 Å². The van der Waals surface area contributed by atoms with Crippen LogP contribution in [0.1, 0.15) is 0 Å². The van der Waals surface area contributed by atoms with E-state index in [0.717, 1.165) is 31.9 Å². The van der Waals surface area contributed by atoms with Crippen molar-refractivity contribution in [3.8, 4) is 5.75 Å². The molecule has 0 spiro atoms. The van der Waals surface area contributed by atoms with E-state index in [0.29, 0.717) is 38.4 Å². The zero-order chi connectivity index (χ0) is 20.9. The lowest BCUT2D eigenvalue weighted by Crippen LogP contribution is -3.16. The summed E-state index contributed by atoms with van der Waals surface area (Å²) < 4.78 is 19.2. The van der Waals surface area contributed by atoms with E-state index in [4.69, 9.17) is 4.74 Å². The Labute approximate surface area is 177 Å². The predicted octanol–water partition coefficient (Wildman–Crippen LogP) is 0.888. The minimum atomic E-state index is -0.198. The predicted molar refractivity (Wildman–Crippen MR) is 116 cm³/mol. The largest absolute Gasteiger partial charge is 0.497 e. The fraction of sp³-hybridized carbons (Fsp3) is 0.435. The molecule has 2 aliphatic rings. The van der Waals surface area contributed by atoms with Crippen molar-refractivity contribution in [1.82, 2.24) is 4.90 Å². The van der Waals surface area contributed by atoms with Gasteiger partial charge >= 0.3 is 0 Å². The van der Waals surface area contributed by atoms with Crippen LogP contribution in [0.4, 0.5) is 15.8 Å². The standard InChI is InChI=1S/C23H29FN4O2/c1-30-20-8-6-19(7-9-20)26-12-10-25(11-13-26)18-23(29)28-16-14-27(15-17-28)22-5-3-2-4-21(22)24/h2-9H,10-18H2,1H3/p+1. The molecule has 2 saturated heterocycles. The maximum absolute atomic E-state index is 14.0. The molecule has 0 saturated carbocycles. The van der Waals surface area contributed by atoms with E-state index >= 15 is 0 Å². The third kappa shape index (κ3) is 4.67. The highest BCUT2D eigenvalue weighted by Gasteiger charge is 2.27. The molecule has 0 bridgehead atoms. The third-order valence-corrected chi connectivity index (χ3v) is 6.13. The summed E-state index contributed by atoms with van der Waals surface area (Å²) in [7, 11) is 1.67. The molecule has 0 aromatic heterocycles. The quantitative estimate of drug-likeness (QED) is 0.791. The number of benzene rings is 2. The van der Waals surface area contributed by atoms with E-state index in [2.05, 4.69) is 17.0 Å². The first kappa shape index (κ1) is 20.5. The Morgan fingerprint density at radius 3 is 2.23 bits per heavy atom. The second-order valence-electron chi connectivity index (χ2n) is 7.93. The molecular weight excluding hydrogens is 383 g/mol. The number of nitrogens with zero attached hydrogens (tertiary/aromatic N) is 3.